The molecule has 2 aromatic heterocycles. The maximum atomic E-state index is 12.2. The van der Waals surface area contributed by atoms with E-state index in [0.717, 1.165) is 0 Å². The summed E-state index contributed by atoms with van der Waals surface area (Å²) in [7, 11) is 0. The first-order valence-electron chi connectivity index (χ1n) is 8.27. The van der Waals surface area contributed by atoms with Crippen LogP contribution in [0, 0.1) is 0 Å². The number of alkyl halides is 2. The molecule has 3 N–H and O–H groups in total. The Kier molecular flexibility index (Phi) is 6.29. The summed E-state index contributed by atoms with van der Waals surface area (Å²) in [5.74, 6) is 1.10. The van der Waals surface area contributed by atoms with Gasteiger partial charge < -0.3 is 20.7 Å². The summed E-state index contributed by atoms with van der Waals surface area (Å²) in [6, 6.07) is 10.6. The summed E-state index contributed by atoms with van der Waals surface area (Å²) in [4.78, 5) is 11.9. The first-order chi connectivity index (χ1) is 13.6. The minimum atomic E-state index is -2.92. The third kappa shape index (κ3) is 5.62. The zero-order chi connectivity index (χ0) is 19.8. The third-order valence-corrected chi connectivity index (χ3v) is 3.42. The summed E-state index contributed by atoms with van der Waals surface area (Å²) >= 11 is 0. The van der Waals surface area contributed by atoms with Crippen LogP contribution in [-0.2, 0) is 0 Å². The molecule has 0 aliphatic rings. The number of carbonyl (C=O) groups excluding carboxylic acids is 1. The zero-order valence-electron chi connectivity index (χ0n) is 14.5. The van der Waals surface area contributed by atoms with Gasteiger partial charge in [0.25, 0.3) is 0 Å². The molecular weight excluding hydrogens is 372 g/mol. The van der Waals surface area contributed by atoms with Crippen LogP contribution in [0.2, 0.25) is 0 Å². The molecule has 0 aliphatic heterocycles. The van der Waals surface area contributed by atoms with E-state index in [1.165, 1.54) is 18.2 Å². The molecule has 3 aromatic rings. The van der Waals surface area contributed by atoms with Gasteiger partial charge in [0.05, 0.1) is 0 Å². The number of aromatic nitrogens is 4. The fourth-order valence-corrected chi connectivity index (χ4v) is 2.24. The number of hydrogen-bond donors (Lipinski definition) is 3. The number of benzene rings is 1. The lowest BCUT2D eigenvalue weighted by Gasteiger charge is -2.10. The van der Waals surface area contributed by atoms with Crippen LogP contribution in [0.4, 0.5) is 25.1 Å². The van der Waals surface area contributed by atoms with Gasteiger partial charge in [-0.2, -0.15) is 13.9 Å². The number of ether oxygens (including phenoxy) is 1. The minimum absolute atomic E-state index is 0.0356. The van der Waals surface area contributed by atoms with Crippen LogP contribution in [0.25, 0.3) is 5.82 Å². The topological polar surface area (TPSA) is 106 Å². The molecule has 0 spiro atoms. The van der Waals surface area contributed by atoms with Gasteiger partial charge in [0.1, 0.15) is 11.6 Å². The van der Waals surface area contributed by atoms with Gasteiger partial charge in [0, 0.05) is 37.2 Å². The molecule has 0 unspecified atom stereocenters. The molecule has 3 rings (SSSR count). The Hall–Kier alpha value is -3.76. The van der Waals surface area contributed by atoms with Crippen molar-refractivity contribution in [2.45, 2.75) is 6.61 Å². The predicted molar refractivity (Wildman–Crippen MR) is 97.7 cm³/mol. The van der Waals surface area contributed by atoms with Gasteiger partial charge in [0.15, 0.2) is 5.82 Å². The first-order valence-corrected chi connectivity index (χ1v) is 8.27. The minimum Gasteiger partial charge on any atom is -0.435 e. The third-order valence-electron chi connectivity index (χ3n) is 3.42. The number of urea groups is 1. The highest BCUT2D eigenvalue weighted by Gasteiger charge is 2.06. The first kappa shape index (κ1) is 19.0. The lowest BCUT2D eigenvalue weighted by molar-refractivity contribution is -0.0497. The van der Waals surface area contributed by atoms with Crippen LogP contribution in [0.1, 0.15) is 0 Å². The van der Waals surface area contributed by atoms with E-state index >= 15 is 0 Å². The van der Waals surface area contributed by atoms with Crippen molar-refractivity contribution in [2.24, 2.45) is 0 Å². The second-order valence-corrected chi connectivity index (χ2v) is 5.44. The van der Waals surface area contributed by atoms with Crippen molar-refractivity contribution >= 4 is 17.5 Å². The van der Waals surface area contributed by atoms with Crippen molar-refractivity contribution in [3.63, 3.8) is 0 Å². The predicted octanol–water partition coefficient (Wildman–Crippen LogP) is 2.50. The standard InChI is InChI=1S/C17H17F2N7O2/c18-16(19)28-13-4-1-3-12(11-13)23-17(27)21-9-8-20-14-5-6-15(25-24-14)26-10-2-7-22-26/h1-7,10-11,16H,8-9H2,(H,20,24)(H2,21,23,27). The molecule has 11 heteroatoms. The van der Waals surface area contributed by atoms with Gasteiger partial charge in [-0.15, -0.1) is 10.2 Å². The number of amides is 2. The summed E-state index contributed by atoms with van der Waals surface area (Å²) in [6.45, 7) is -2.20. The Bertz CT molecular complexity index is 889. The molecular formula is C17H17F2N7O2. The fraction of sp³-hybridized carbons (Fsp3) is 0.176. The van der Waals surface area contributed by atoms with E-state index in [0.29, 0.717) is 30.4 Å². The average molecular weight is 389 g/mol. The van der Waals surface area contributed by atoms with Crippen LogP contribution in [0.5, 0.6) is 5.75 Å². The van der Waals surface area contributed by atoms with Gasteiger partial charge in [-0.1, -0.05) is 6.07 Å². The quantitative estimate of drug-likeness (QED) is 0.511. The molecule has 2 heterocycles. The number of anilines is 2. The Morgan fingerprint density at radius 3 is 2.75 bits per heavy atom. The SMILES string of the molecule is O=C(NCCNc1ccc(-n2cccn2)nn1)Nc1cccc(OC(F)F)c1. The van der Waals surface area contributed by atoms with E-state index in [1.54, 1.807) is 41.3 Å². The van der Waals surface area contributed by atoms with Crippen LogP contribution >= 0.6 is 0 Å². The molecule has 1 aromatic carbocycles. The maximum Gasteiger partial charge on any atom is 0.387 e. The molecule has 9 nitrogen and oxygen atoms in total. The van der Waals surface area contributed by atoms with Crippen LogP contribution in [0.3, 0.4) is 0 Å². The summed E-state index contributed by atoms with van der Waals surface area (Å²) in [6.07, 6.45) is 3.40. The molecule has 2 amide bonds. The number of nitrogens with one attached hydrogen (secondary N) is 3. The molecule has 0 saturated carbocycles. The van der Waals surface area contributed by atoms with Gasteiger partial charge in [-0.05, 0) is 30.3 Å². The monoisotopic (exact) mass is 389 g/mol. The molecule has 0 atom stereocenters. The lowest BCUT2D eigenvalue weighted by Crippen LogP contribution is -2.32. The molecule has 0 fully saturated rings. The average Bonchev–Trinajstić information content (AvgIpc) is 3.20. The highest BCUT2D eigenvalue weighted by atomic mass is 19.3. The van der Waals surface area contributed by atoms with Crippen LogP contribution in [-0.4, -0.2) is 45.7 Å². The molecule has 28 heavy (non-hydrogen) atoms. The van der Waals surface area contributed by atoms with Crippen molar-refractivity contribution in [1.82, 2.24) is 25.3 Å². The molecule has 0 aliphatic carbocycles. The van der Waals surface area contributed by atoms with Crippen molar-refractivity contribution in [2.75, 3.05) is 23.7 Å². The number of rotatable bonds is 8. The molecule has 0 saturated heterocycles. The largest absolute Gasteiger partial charge is 0.435 e. The Balaban J connectivity index is 1.40. The molecule has 0 radical (unpaired) electrons. The molecule has 0 bridgehead atoms. The number of halogens is 2. The lowest BCUT2D eigenvalue weighted by atomic mass is 10.3. The van der Waals surface area contributed by atoms with Crippen LogP contribution < -0.4 is 20.7 Å². The summed E-state index contributed by atoms with van der Waals surface area (Å²) in [5, 5.41) is 20.3. The van der Waals surface area contributed by atoms with Crippen LogP contribution in [0.15, 0.2) is 54.9 Å². The number of nitrogens with zero attached hydrogens (tertiary/aromatic N) is 4. The normalized spacial score (nSPS) is 10.5. The highest BCUT2D eigenvalue weighted by molar-refractivity contribution is 5.89. The second kappa shape index (κ2) is 9.26. The highest BCUT2D eigenvalue weighted by Crippen LogP contribution is 2.19. The molecule has 146 valence electrons. The number of carbonyl (C=O) groups is 1. The maximum absolute atomic E-state index is 12.2. The van der Waals surface area contributed by atoms with E-state index in [1.807, 2.05) is 0 Å². The summed E-state index contributed by atoms with van der Waals surface area (Å²) < 4.78 is 30.3. The number of hydrogen-bond acceptors (Lipinski definition) is 6. The van der Waals surface area contributed by atoms with E-state index in [9.17, 15) is 13.6 Å². The van der Waals surface area contributed by atoms with E-state index in [2.05, 4.69) is 36.0 Å². The van der Waals surface area contributed by atoms with E-state index in [4.69, 9.17) is 0 Å². The Morgan fingerprint density at radius 2 is 2.04 bits per heavy atom. The van der Waals surface area contributed by atoms with Gasteiger partial charge >= 0.3 is 12.6 Å². The van der Waals surface area contributed by atoms with Crippen molar-refractivity contribution in [3.05, 3.63) is 54.9 Å². The van der Waals surface area contributed by atoms with Crippen molar-refractivity contribution in [3.8, 4) is 11.6 Å². The van der Waals surface area contributed by atoms with E-state index < -0.39 is 12.6 Å². The zero-order valence-corrected chi connectivity index (χ0v) is 14.5. The van der Waals surface area contributed by atoms with Crippen molar-refractivity contribution in [1.29, 1.82) is 0 Å². The van der Waals surface area contributed by atoms with Crippen molar-refractivity contribution < 1.29 is 18.3 Å². The fourth-order valence-electron chi connectivity index (χ4n) is 2.24. The Morgan fingerprint density at radius 1 is 1.14 bits per heavy atom. The summed E-state index contributed by atoms with van der Waals surface area (Å²) in [5.41, 5.74) is 0.337. The van der Waals surface area contributed by atoms with Gasteiger partial charge in [0.2, 0.25) is 0 Å². The Labute approximate surface area is 158 Å². The van der Waals surface area contributed by atoms with E-state index in [-0.39, 0.29) is 5.75 Å². The van der Waals surface area contributed by atoms with Gasteiger partial charge in [-0.25, -0.2) is 9.48 Å². The second-order valence-electron chi connectivity index (χ2n) is 5.44. The van der Waals surface area contributed by atoms with Gasteiger partial charge in [-0.3, -0.25) is 0 Å². The smallest absolute Gasteiger partial charge is 0.387 e.